The molecule has 1 aliphatic heterocycles. The summed E-state index contributed by atoms with van der Waals surface area (Å²) in [5.41, 5.74) is 3.48. The van der Waals surface area contributed by atoms with Gasteiger partial charge in [-0.25, -0.2) is 21.6 Å². The lowest BCUT2D eigenvalue weighted by molar-refractivity contribution is -0.121. The molecule has 14 nitrogen and oxygen atoms in total. The molecule has 304 valence electrons. The number of rotatable bonds is 25. The smallest absolute Gasteiger partial charge is 0.240 e. The first kappa shape index (κ1) is 44.1. The molecule has 0 fully saturated rings. The maximum Gasteiger partial charge on any atom is 0.240 e. The Hall–Kier alpha value is -3.61. The second kappa shape index (κ2) is 22.2. The summed E-state index contributed by atoms with van der Waals surface area (Å²) in [6.45, 7) is 14.1. The van der Waals surface area contributed by atoms with E-state index in [0.717, 1.165) is 43.0 Å². The van der Waals surface area contributed by atoms with Gasteiger partial charge in [-0.1, -0.05) is 32.1 Å². The lowest BCUT2D eigenvalue weighted by Crippen LogP contribution is -2.34. The van der Waals surface area contributed by atoms with Crippen LogP contribution in [0, 0.1) is 0 Å². The number of benzene rings is 2. The summed E-state index contributed by atoms with van der Waals surface area (Å²) in [7, 11) is -5.68. The summed E-state index contributed by atoms with van der Waals surface area (Å²) in [5, 5.41) is 2.53. The molecule has 0 saturated heterocycles. The first-order chi connectivity index (χ1) is 26.6. The van der Waals surface area contributed by atoms with Crippen molar-refractivity contribution in [2.75, 3.05) is 97.5 Å². The number of carbonyl (C=O) groups is 1. The lowest BCUT2D eigenvalue weighted by Gasteiger charge is -2.33. The predicted molar refractivity (Wildman–Crippen MR) is 213 cm³/mol. The van der Waals surface area contributed by atoms with Crippen molar-refractivity contribution in [3.05, 3.63) is 77.1 Å². The van der Waals surface area contributed by atoms with E-state index in [-0.39, 0.29) is 41.5 Å². The van der Waals surface area contributed by atoms with Crippen LogP contribution in [0.2, 0.25) is 0 Å². The fraction of sp³-hybridized carbons (Fsp3) is 0.513. The third kappa shape index (κ3) is 12.2. The Balaban J connectivity index is 1.40. The molecule has 2 aromatic rings. The third-order valence-corrected chi connectivity index (χ3v) is 11.5. The van der Waals surface area contributed by atoms with Crippen LogP contribution < -0.4 is 19.7 Å². The van der Waals surface area contributed by atoms with Crippen LogP contribution in [0.15, 0.2) is 75.7 Å². The van der Waals surface area contributed by atoms with Crippen LogP contribution in [-0.2, 0) is 44.5 Å². The number of likely N-dealkylation sites (N-methyl/N-ethyl adjacent to an activating group) is 1. The van der Waals surface area contributed by atoms with Crippen molar-refractivity contribution in [1.29, 1.82) is 0 Å². The maximum atomic E-state index is 13.3. The molecule has 0 bridgehead atoms. The Labute approximate surface area is 327 Å². The van der Waals surface area contributed by atoms with Gasteiger partial charge in [0, 0.05) is 67.1 Å². The van der Waals surface area contributed by atoms with Gasteiger partial charge in [0.25, 0.3) is 0 Å². The molecule has 4 rings (SSSR count). The number of amides is 1. The standard InChI is InChI=1S/C39H56N4O10S2/c1-6-42(7-2)29-10-13-32-35(26-29)53-36-27-30(43(8-3)9-4)11-14-33(36)39(32)34-15-12-31(28-37(34)54(45)46)55(47,48)41-17-19-50-21-23-52-25-24-51-22-20-49-18-16-38(44)40-5/h10-15,26-29,41,54H,6-9,16-25H2,1-5H3,(H,40,44). The number of carbonyl (C=O) groups excluding carboxylic acids is 1. The van der Waals surface area contributed by atoms with Crippen LogP contribution in [0.4, 0.5) is 5.69 Å². The minimum atomic E-state index is -4.07. The molecule has 2 aromatic carbocycles. The molecule has 1 atom stereocenters. The van der Waals surface area contributed by atoms with Gasteiger partial charge in [0.15, 0.2) is 10.7 Å². The molecule has 0 aromatic heterocycles. The van der Waals surface area contributed by atoms with Gasteiger partial charge in [-0.15, -0.1) is 0 Å². The molecular weight excluding hydrogens is 749 g/mol. The van der Waals surface area contributed by atoms with E-state index in [0.29, 0.717) is 68.7 Å². The van der Waals surface area contributed by atoms with Gasteiger partial charge in [0.05, 0.1) is 68.7 Å². The number of nitrogens with zero attached hydrogens (tertiary/aromatic N) is 2. The van der Waals surface area contributed by atoms with Gasteiger partial charge in [-0.05, 0) is 57.3 Å². The van der Waals surface area contributed by atoms with Gasteiger partial charge in [0.1, 0.15) is 11.5 Å². The fourth-order valence-corrected chi connectivity index (χ4v) is 8.06. The maximum absolute atomic E-state index is 13.3. The van der Waals surface area contributed by atoms with Crippen LogP contribution in [0.1, 0.15) is 45.2 Å². The van der Waals surface area contributed by atoms with E-state index in [4.69, 9.17) is 23.7 Å². The molecule has 2 aliphatic rings. The number of hydrogen-bond donors (Lipinski definition) is 3. The second-order valence-electron chi connectivity index (χ2n) is 12.6. The largest absolute Gasteiger partial charge is 0.456 e. The Morgan fingerprint density at radius 3 is 2.04 bits per heavy atom. The number of fused-ring (bicyclic) bond motifs is 2. The summed E-state index contributed by atoms with van der Waals surface area (Å²) in [4.78, 5) is 15.4. The molecular formula is C39H56N4O10S2. The zero-order chi connectivity index (χ0) is 39.8. The van der Waals surface area contributed by atoms with E-state index >= 15 is 0 Å². The minimum absolute atomic E-state index is 0.00173. The van der Waals surface area contributed by atoms with Crippen molar-refractivity contribution in [3.8, 4) is 5.75 Å². The number of hydrogen-bond acceptors (Lipinski definition) is 12. The second-order valence-corrected chi connectivity index (χ2v) is 15.3. The number of allylic oxidation sites excluding steroid dienone is 1. The summed E-state index contributed by atoms with van der Waals surface area (Å²) < 4.78 is 83.0. The van der Waals surface area contributed by atoms with Gasteiger partial charge in [0.2, 0.25) is 15.9 Å². The van der Waals surface area contributed by atoms with Crippen molar-refractivity contribution >= 4 is 37.9 Å². The highest BCUT2D eigenvalue weighted by molar-refractivity contribution is 7.89. The van der Waals surface area contributed by atoms with E-state index in [1.165, 1.54) is 12.1 Å². The zero-order valence-electron chi connectivity index (χ0n) is 32.5. The Morgan fingerprint density at radius 1 is 0.818 bits per heavy atom. The average Bonchev–Trinajstić information content (AvgIpc) is 3.18. The molecule has 1 aliphatic carbocycles. The quantitative estimate of drug-likeness (QED) is 0.0994. The van der Waals surface area contributed by atoms with Crippen molar-refractivity contribution in [2.24, 2.45) is 0 Å². The van der Waals surface area contributed by atoms with Crippen LogP contribution in [0.3, 0.4) is 0 Å². The molecule has 0 radical (unpaired) electrons. The third-order valence-electron chi connectivity index (χ3n) is 9.29. The lowest BCUT2D eigenvalue weighted by atomic mass is 9.86. The first-order valence-electron chi connectivity index (χ1n) is 18.8. The van der Waals surface area contributed by atoms with Gasteiger partial charge < -0.3 is 33.9 Å². The van der Waals surface area contributed by atoms with E-state index in [9.17, 15) is 21.6 Å². The molecule has 1 unspecified atom stereocenters. The predicted octanol–water partition coefficient (Wildman–Crippen LogP) is 3.34. The monoisotopic (exact) mass is 804 g/mol. The van der Waals surface area contributed by atoms with Crippen LogP contribution in [0.25, 0.3) is 5.57 Å². The van der Waals surface area contributed by atoms with Crippen LogP contribution in [0.5, 0.6) is 5.75 Å². The fourth-order valence-electron chi connectivity index (χ4n) is 6.31. The normalized spacial score (nSPS) is 15.2. The van der Waals surface area contributed by atoms with Crippen molar-refractivity contribution in [1.82, 2.24) is 14.9 Å². The molecule has 16 heteroatoms. The van der Waals surface area contributed by atoms with Crippen LogP contribution >= 0.6 is 0 Å². The van der Waals surface area contributed by atoms with Gasteiger partial charge in [-0.3, -0.25) is 9.69 Å². The summed E-state index contributed by atoms with van der Waals surface area (Å²) in [5.74, 6) is 1.15. The summed E-state index contributed by atoms with van der Waals surface area (Å²) >= 11 is 0. The van der Waals surface area contributed by atoms with E-state index < -0.39 is 20.7 Å². The summed E-state index contributed by atoms with van der Waals surface area (Å²) in [6, 6.07) is 10.1. The Bertz CT molecular complexity index is 1860. The minimum Gasteiger partial charge on any atom is -0.456 e. The highest BCUT2D eigenvalue weighted by Gasteiger charge is 2.31. The average molecular weight is 805 g/mol. The van der Waals surface area contributed by atoms with E-state index in [2.05, 4.69) is 59.7 Å². The number of anilines is 1. The molecule has 1 amide bonds. The van der Waals surface area contributed by atoms with E-state index in [1.54, 1.807) is 13.1 Å². The topological polar surface area (TPSA) is 162 Å². The van der Waals surface area contributed by atoms with Crippen molar-refractivity contribution in [2.45, 2.75) is 49.9 Å². The molecule has 2 N–H and O–H groups in total. The SMILES string of the molecule is CCN(CC)c1ccc2c(c1)OC1=CC(N(CC)CC)C=CC1=C2c1ccc(S(=O)(=O)NCCOCCOCCOCCOCCC(=O)NC)cc1[SH](=O)=O. The Morgan fingerprint density at radius 2 is 1.44 bits per heavy atom. The first-order valence-corrected chi connectivity index (χ1v) is 21.5. The number of ether oxygens (including phenoxy) is 5. The van der Waals surface area contributed by atoms with Gasteiger partial charge >= 0.3 is 0 Å². The molecule has 0 saturated carbocycles. The zero-order valence-corrected chi connectivity index (χ0v) is 34.2. The highest BCUT2D eigenvalue weighted by atomic mass is 32.2. The van der Waals surface area contributed by atoms with Gasteiger partial charge in [-0.2, -0.15) is 0 Å². The van der Waals surface area contributed by atoms with Crippen LogP contribution in [-0.4, -0.2) is 126 Å². The number of nitrogens with one attached hydrogen (secondary N) is 2. The number of sulfonamides is 1. The summed E-state index contributed by atoms with van der Waals surface area (Å²) in [6.07, 6.45) is 6.40. The van der Waals surface area contributed by atoms with Crippen molar-refractivity contribution in [3.63, 3.8) is 0 Å². The molecule has 55 heavy (non-hydrogen) atoms. The van der Waals surface area contributed by atoms with E-state index in [1.807, 2.05) is 24.3 Å². The highest BCUT2D eigenvalue weighted by Crippen LogP contribution is 2.46. The molecule has 0 spiro atoms. The number of thiol groups is 1. The van der Waals surface area contributed by atoms with Crippen molar-refractivity contribution < 1.29 is 45.3 Å². The Kier molecular flexibility index (Phi) is 17.8. The molecule has 1 heterocycles.